The van der Waals surface area contributed by atoms with Crippen molar-refractivity contribution in [3.8, 4) is 11.3 Å². The predicted octanol–water partition coefficient (Wildman–Crippen LogP) is -0.490. The van der Waals surface area contributed by atoms with Gasteiger partial charge in [0.25, 0.3) is 0 Å². The van der Waals surface area contributed by atoms with Crippen molar-refractivity contribution in [3.63, 3.8) is 0 Å². The van der Waals surface area contributed by atoms with Gasteiger partial charge in [0.2, 0.25) is 17.8 Å². The van der Waals surface area contributed by atoms with Crippen LogP contribution in [0.25, 0.3) is 11.3 Å². The summed E-state index contributed by atoms with van der Waals surface area (Å²) in [4.78, 5) is 30.6. The lowest BCUT2D eigenvalue weighted by atomic mass is 10.2. The Morgan fingerprint density at radius 1 is 1.28 bits per heavy atom. The molecule has 4 N–H and O–H groups in total. The molecule has 10 nitrogen and oxygen atoms in total. The van der Waals surface area contributed by atoms with Crippen molar-refractivity contribution in [3.05, 3.63) is 18.5 Å². The molecule has 0 aliphatic carbocycles. The quantitative estimate of drug-likeness (QED) is 0.657. The van der Waals surface area contributed by atoms with E-state index in [1.54, 1.807) is 25.5 Å². The molecule has 1 aliphatic heterocycles. The molecule has 1 amide bonds. The first-order valence-corrected chi connectivity index (χ1v) is 7.90. The van der Waals surface area contributed by atoms with Gasteiger partial charge in [0.15, 0.2) is 0 Å². The Kier molecular flexibility index (Phi) is 5.19. The molecule has 0 atom stereocenters. The maximum absolute atomic E-state index is 11.5. The largest absolute Gasteiger partial charge is 0.378 e. The molecule has 0 bridgehead atoms. The van der Waals surface area contributed by atoms with Crippen LogP contribution < -0.4 is 21.3 Å². The van der Waals surface area contributed by atoms with Crippen molar-refractivity contribution < 1.29 is 9.53 Å². The predicted molar refractivity (Wildman–Crippen MR) is 93.1 cm³/mol. The second kappa shape index (κ2) is 7.71. The first-order valence-electron chi connectivity index (χ1n) is 7.90. The third-order valence-corrected chi connectivity index (χ3v) is 3.68. The highest BCUT2D eigenvalue weighted by Crippen LogP contribution is 2.22. The summed E-state index contributed by atoms with van der Waals surface area (Å²) in [6, 6.07) is 1.75. The van der Waals surface area contributed by atoms with Gasteiger partial charge in [-0.15, -0.1) is 0 Å². The third kappa shape index (κ3) is 4.29. The number of morpholine rings is 1. The molecule has 132 valence electrons. The highest BCUT2D eigenvalue weighted by molar-refractivity contribution is 5.80. The van der Waals surface area contributed by atoms with Gasteiger partial charge in [-0.1, -0.05) is 0 Å². The van der Waals surface area contributed by atoms with E-state index in [4.69, 9.17) is 10.5 Å². The third-order valence-electron chi connectivity index (χ3n) is 3.68. The number of carbonyl (C=O) groups excluding carboxylic acids is 1. The molecule has 1 saturated heterocycles. The minimum absolute atomic E-state index is 0.119. The van der Waals surface area contributed by atoms with Gasteiger partial charge in [-0.05, 0) is 0 Å². The van der Waals surface area contributed by atoms with Crippen molar-refractivity contribution in [1.82, 2.24) is 25.3 Å². The molecule has 2 aromatic rings. The number of ether oxygens (including phenoxy) is 1. The molecule has 0 saturated carbocycles. The van der Waals surface area contributed by atoms with E-state index < -0.39 is 0 Å². The van der Waals surface area contributed by atoms with Gasteiger partial charge in [0.05, 0.1) is 25.5 Å². The van der Waals surface area contributed by atoms with Crippen LogP contribution in [0.5, 0.6) is 0 Å². The number of aromatic nitrogens is 4. The molecule has 25 heavy (non-hydrogen) atoms. The molecule has 10 heteroatoms. The van der Waals surface area contributed by atoms with Gasteiger partial charge in [-0.25, -0.2) is 15.0 Å². The number of rotatable bonds is 5. The van der Waals surface area contributed by atoms with Crippen LogP contribution in [0.1, 0.15) is 0 Å². The number of amides is 1. The van der Waals surface area contributed by atoms with Gasteiger partial charge in [-0.2, -0.15) is 4.98 Å². The molecule has 0 spiro atoms. The first-order chi connectivity index (χ1) is 12.2. The lowest BCUT2D eigenvalue weighted by Gasteiger charge is -2.27. The summed E-state index contributed by atoms with van der Waals surface area (Å²) in [6.07, 6.45) is 3.21. The van der Waals surface area contributed by atoms with Crippen LogP contribution in [0.2, 0.25) is 0 Å². The summed E-state index contributed by atoms with van der Waals surface area (Å²) in [5, 5.41) is 5.57. The fraction of sp³-hybridized carbons (Fsp3) is 0.400. The first kappa shape index (κ1) is 16.8. The monoisotopic (exact) mass is 344 g/mol. The van der Waals surface area contributed by atoms with Gasteiger partial charge in [0.1, 0.15) is 5.82 Å². The van der Waals surface area contributed by atoms with Crippen LogP contribution in [0, 0.1) is 0 Å². The Labute approximate surface area is 144 Å². The molecule has 0 radical (unpaired) electrons. The summed E-state index contributed by atoms with van der Waals surface area (Å²) in [6.45, 7) is 2.78. The SMILES string of the molecule is CNC(=O)CNc1cc(-c2cnc(N)nc2)nc(N2CCOCC2)n1. The standard InChI is InChI=1S/C15H20N8O2/c1-17-13(24)9-18-12-6-11(10-7-19-14(16)20-8-10)21-15(22-12)23-2-4-25-5-3-23/h6-8H,2-5,9H2,1H3,(H,17,24)(H2,16,19,20)(H,18,21,22). The van der Waals surface area contributed by atoms with Crippen molar-refractivity contribution in [1.29, 1.82) is 0 Å². The van der Waals surface area contributed by atoms with Crippen molar-refractivity contribution in [2.75, 3.05) is 55.8 Å². The maximum Gasteiger partial charge on any atom is 0.239 e. The van der Waals surface area contributed by atoms with Crippen molar-refractivity contribution >= 4 is 23.6 Å². The van der Waals surface area contributed by atoms with Gasteiger partial charge >= 0.3 is 0 Å². The van der Waals surface area contributed by atoms with Crippen LogP contribution in [0.4, 0.5) is 17.7 Å². The number of nitrogens with one attached hydrogen (secondary N) is 2. The Balaban J connectivity index is 1.92. The molecule has 0 aromatic carbocycles. The molecule has 2 aromatic heterocycles. The maximum atomic E-state index is 11.5. The molecule has 3 rings (SSSR count). The Morgan fingerprint density at radius 3 is 2.68 bits per heavy atom. The number of hydrogen-bond donors (Lipinski definition) is 3. The highest BCUT2D eigenvalue weighted by atomic mass is 16.5. The van der Waals surface area contributed by atoms with E-state index in [1.165, 1.54) is 0 Å². The van der Waals surface area contributed by atoms with Gasteiger partial charge in [-0.3, -0.25) is 4.79 Å². The second-order valence-corrected chi connectivity index (χ2v) is 5.39. The summed E-state index contributed by atoms with van der Waals surface area (Å²) in [5.41, 5.74) is 6.91. The summed E-state index contributed by atoms with van der Waals surface area (Å²) in [7, 11) is 1.58. The summed E-state index contributed by atoms with van der Waals surface area (Å²) in [5.74, 6) is 1.18. The van der Waals surface area contributed by atoms with Gasteiger partial charge in [0, 0.05) is 44.2 Å². The van der Waals surface area contributed by atoms with E-state index in [0.29, 0.717) is 49.3 Å². The average molecular weight is 344 g/mol. The molecule has 0 unspecified atom stereocenters. The van der Waals surface area contributed by atoms with Crippen LogP contribution in [-0.4, -0.2) is 65.7 Å². The van der Waals surface area contributed by atoms with E-state index in [-0.39, 0.29) is 18.4 Å². The zero-order valence-corrected chi connectivity index (χ0v) is 13.9. The molecule has 1 fully saturated rings. The fourth-order valence-electron chi connectivity index (χ4n) is 2.31. The lowest BCUT2D eigenvalue weighted by Crippen LogP contribution is -2.37. The van der Waals surface area contributed by atoms with E-state index in [0.717, 1.165) is 0 Å². The molecule has 1 aliphatic rings. The van der Waals surface area contributed by atoms with Crippen LogP contribution >= 0.6 is 0 Å². The number of nitrogens with two attached hydrogens (primary N) is 1. The van der Waals surface area contributed by atoms with E-state index >= 15 is 0 Å². The molecule has 3 heterocycles. The number of nitrogen functional groups attached to an aromatic ring is 1. The van der Waals surface area contributed by atoms with Crippen LogP contribution in [-0.2, 0) is 9.53 Å². The zero-order valence-electron chi connectivity index (χ0n) is 13.9. The smallest absolute Gasteiger partial charge is 0.239 e. The van der Waals surface area contributed by atoms with Crippen molar-refractivity contribution in [2.24, 2.45) is 0 Å². The number of carbonyl (C=O) groups is 1. The highest BCUT2D eigenvalue weighted by Gasteiger charge is 2.17. The number of hydrogen-bond acceptors (Lipinski definition) is 9. The number of likely N-dealkylation sites (N-methyl/N-ethyl adjacent to an activating group) is 1. The van der Waals surface area contributed by atoms with Gasteiger partial charge < -0.3 is 26.0 Å². The topological polar surface area (TPSA) is 131 Å². The van der Waals surface area contributed by atoms with E-state index in [1.807, 2.05) is 4.90 Å². The zero-order chi connectivity index (χ0) is 17.6. The Bertz CT molecular complexity index is 731. The van der Waals surface area contributed by atoms with E-state index in [2.05, 4.69) is 30.6 Å². The summed E-state index contributed by atoms with van der Waals surface area (Å²) >= 11 is 0. The van der Waals surface area contributed by atoms with Crippen LogP contribution in [0.3, 0.4) is 0 Å². The van der Waals surface area contributed by atoms with Crippen molar-refractivity contribution in [2.45, 2.75) is 0 Å². The van der Waals surface area contributed by atoms with E-state index in [9.17, 15) is 4.79 Å². The lowest BCUT2D eigenvalue weighted by molar-refractivity contribution is -0.118. The normalized spacial score (nSPS) is 14.2. The molecular formula is C15H20N8O2. The Hall–Kier alpha value is -3.01. The number of anilines is 3. The van der Waals surface area contributed by atoms with Crippen LogP contribution in [0.15, 0.2) is 18.5 Å². The average Bonchev–Trinajstić information content (AvgIpc) is 2.67. The minimum Gasteiger partial charge on any atom is -0.378 e. The molecular weight excluding hydrogens is 324 g/mol. The number of nitrogens with zero attached hydrogens (tertiary/aromatic N) is 5. The fourth-order valence-corrected chi connectivity index (χ4v) is 2.31. The summed E-state index contributed by atoms with van der Waals surface area (Å²) < 4.78 is 5.37. The minimum atomic E-state index is -0.135. The Morgan fingerprint density at radius 2 is 2.00 bits per heavy atom. The second-order valence-electron chi connectivity index (χ2n) is 5.39.